The van der Waals surface area contributed by atoms with Gasteiger partial charge in [-0.1, -0.05) is 43.2 Å². The number of nitrogens with two attached hydrogens (primary N) is 1. The molecule has 0 aliphatic heterocycles. The van der Waals surface area contributed by atoms with Crippen LogP contribution in [-0.4, -0.2) is 14.3 Å². The molecule has 2 aromatic carbocycles. The lowest BCUT2D eigenvalue weighted by molar-refractivity contribution is -0.116. The van der Waals surface area contributed by atoms with Gasteiger partial charge in [0, 0.05) is 11.5 Å². The van der Waals surface area contributed by atoms with E-state index in [0.29, 0.717) is 12.0 Å². The molecule has 0 heterocycles. The van der Waals surface area contributed by atoms with E-state index in [4.69, 9.17) is 5.14 Å². The van der Waals surface area contributed by atoms with Crippen LogP contribution in [-0.2, 0) is 14.8 Å². The van der Waals surface area contributed by atoms with Crippen molar-refractivity contribution in [3.8, 4) is 11.8 Å². The minimum Gasteiger partial charge on any atom is -0.338 e. The van der Waals surface area contributed by atoms with Crippen molar-refractivity contribution < 1.29 is 13.2 Å². The molecule has 6 heteroatoms. The highest BCUT2D eigenvalue weighted by molar-refractivity contribution is 7.89. The zero-order valence-electron chi connectivity index (χ0n) is 13.2. The molecule has 0 aliphatic rings. The van der Waals surface area contributed by atoms with Gasteiger partial charge in [0.1, 0.15) is 0 Å². The molecule has 1 amide bonds. The Kier molecular flexibility index (Phi) is 5.74. The van der Waals surface area contributed by atoms with Crippen molar-refractivity contribution in [1.29, 1.82) is 0 Å². The molecular weight excluding hydrogens is 324 g/mol. The van der Waals surface area contributed by atoms with Crippen LogP contribution in [0.5, 0.6) is 0 Å². The molecule has 0 bridgehead atoms. The van der Waals surface area contributed by atoms with E-state index >= 15 is 0 Å². The third-order valence-corrected chi connectivity index (χ3v) is 4.31. The Hall–Kier alpha value is -2.62. The van der Waals surface area contributed by atoms with Crippen LogP contribution >= 0.6 is 0 Å². The first-order valence-corrected chi connectivity index (χ1v) is 8.95. The van der Waals surface area contributed by atoms with E-state index in [2.05, 4.69) is 17.2 Å². The number of sulfonamides is 1. The minimum absolute atomic E-state index is 0.0167. The fourth-order valence-electron chi connectivity index (χ4n) is 2.17. The number of amides is 1. The first-order chi connectivity index (χ1) is 11.4. The SMILES string of the molecule is CC[C@@H](NC(=O)C#Cc1ccccc1)c1cccc(S(N)(=O)=O)c1. The summed E-state index contributed by atoms with van der Waals surface area (Å²) in [4.78, 5) is 12.0. The van der Waals surface area contributed by atoms with Crippen molar-refractivity contribution in [1.82, 2.24) is 5.32 Å². The number of primary sulfonamides is 1. The molecule has 1 atom stereocenters. The first-order valence-electron chi connectivity index (χ1n) is 7.40. The normalized spacial score (nSPS) is 11.9. The van der Waals surface area contributed by atoms with Gasteiger partial charge >= 0.3 is 0 Å². The number of hydrogen-bond donors (Lipinski definition) is 2. The Bertz CT molecular complexity index is 881. The van der Waals surface area contributed by atoms with Crippen LogP contribution in [0.25, 0.3) is 0 Å². The lowest BCUT2D eigenvalue weighted by Gasteiger charge is -2.16. The third kappa shape index (κ3) is 4.95. The number of hydrogen-bond acceptors (Lipinski definition) is 3. The van der Waals surface area contributed by atoms with Gasteiger partial charge in [0.25, 0.3) is 5.91 Å². The average molecular weight is 342 g/mol. The first kappa shape index (κ1) is 17.7. The number of carbonyl (C=O) groups excluding carboxylic acids is 1. The summed E-state index contributed by atoms with van der Waals surface area (Å²) in [6.45, 7) is 1.89. The van der Waals surface area contributed by atoms with Gasteiger partial charge in [0.05, 0.1) is 10.9 Å². The van der Waals surface area contributed by atoms with Crippen molar-refractivity contribution in [2.45, 2.75) is 24.3 Å². The molecule has 0 saturated carbocycles. The van der Waals surface area contributed by atoms with Gasteiger partial charge < -0.3 is 5.32 Å². The average Bonchev–Trinajstić information content (AvgIpc) is 2.58. The topological polar surface area (TPSA) is 89.3 Å². The summed E-state index contributed by atoms with van der Waals surface area (Å²) in [5.74, 6) is 4.89. The standard InChI is InChI=1S/C18H18N2O3S/c1-2-17(15-9-6-10-16(13-15)24(19,22)23)20-18(21)12-11-14-7-4-3-5-8-14/h3-10,13,17H,2H2,1H3,(H,20,21)(H2,19,22,23)/t17-/m1/s1. The highest BCUT2D eigenvalue weighted by Crippen LogP contribution is 2.19. The van der Waals surface area contributed by atoms with Gasteiger partial charge in [0.2, 0.25) is 10.0 Å². The van der Waals surface area contributed by atoms with Crippen molar-refractivity contribution in [3.05, 3.63) is 65.7 Å². The monoisotopic (exact) mass is 342 g/mol. The van der Waals surface area contributed by atoms with Crippen molar-refractivity contribution in [2.24, 2.45) is 5.14 Å². The Morgan fingerprint density at radius 3 is 2.50 bits per heavy atom. The maximum atomic E-state index is 12.0. The van der Waals surface area contributed by atoms with E-state index in [0.717, 1.165) is 5.56 Å². The Morgan fingerprint density at radius 2 is 1.88 bits per heavy atom. The zero-order valence-corrected chi connectivity index (χ0v) is 14.0. The predicted molar refractivity (Wildman–Crippen MR) is 92.3 cm³/mol. The predicted octanol–water partition coefficient (Wildman–Crippen LogP) is 1.95. The molecule has 0 saturated heterocycles. The number of nitrogens with one attached hydrogen (secondary N) is 1. The smallest absolute Gasteiger partial charge is 0.296 e. The zero-order chi connectivity index (χ0) is 17.6. The molecule has 0 unspecified atom stereocenters. The van der Waals surface area contributed by atoms with E-state index in [1.165, 1.54) is 12.1 Å². The molecule has 0 spiro atoms. The van der Waals surface area contributed by atoms with E-state index < -0.39 is 15.9 Å². The molecule has 0 aromatic heterocycles. The van der Waals surface area contributed by atoms with Crippen molar-refractivity contribution in [3.63, 3.8) is 0 Å². The summed E-state index contributed by atoms with van der Waals surface area (Å²) < 4.78 is 22.9. The van der Waals surface area contributed by atoms with Crippen molar-refractivity contribution >= 4 is 15.9 Å². The Labute approximate surface area is 141 Å². The summed E-state index contributed by atoms with van der Waals surface area (Å²) in [6, 6.07) is 15.1. The number of carbonyl (C=O) groups is 1. The number of rotatable bonds is 4. The largest absolute Gasteiger partial charge is 0.338 e. The maximum absolute atomic E-state index is 12.0. The molecule has 5 nitrogen and oxygen atoms in total. The maximum Gasteiger partial charge on any atom is 0.296 e. The molecule has 124 valence electrons. The van der Waals surface area contributed by atoms with Crippen LogP contribution in [0.15, 0.2) is 59.5 Å². The van der Waals surface area contributed by atoms with Gasteiger partial charge in [-0.2, -0.15) is 0 Å². The van der Waals surface area contributed by atoms with Gasteiger partial charge in [0.15, 0.2) is 0 Å². The molecule has 3 N–H and O–H groups in total. The molecule has 0 fully saturated rings. The molecule has 0 radical (unpaired) electrons. The number of benzene rings is 2. The molecule has 2 aromatic rings. The fraction of sp³-hybridized carbons (Fsp3) is 0.167. The second-order valence-corrected chi connectivity index (χ2v) is 6.73. The van der Waals surface area contributed by atoms with Gasteiger partial charge in [-0.25, -0.2) is 13.6 Å². The highest BCUT2D eigenvalue weighted by Gasteiger charge is 2.15. The van der Waals surface area contributed by atoms with E-state index in [-0.39, 0.29) is 10.9 Å². The minimum atomic E-state index is -3.78. The van der Waals surface area contributed by atoms with Crippen LogP contribution in [0.3, 0.4) is 0 Å². The van der Waals surface area contributed by atoms with Gasteiger partial charge in [-0.3, -0.25) is 4.79 Å². The van der Waals surface area contributed by atoms with E-state index in [9.17, 15) is 13.2 Å². The highest BCUT2D eigenvalue weighted by atomic mass is 32.2. The lowest BCUT2D eigenvalue weighted by atomic mass is 10.0. The summed E-state index contributed by atoms with van der Waals surface area (Å²) in [7, 11) is -3.78. The second kappa shape index (κ2) is 7.77. The van der Waals surface area contributed by atoms with Crippen LogP contribution in [0, 0.1) is 11.8 Å². The Morgan fingerprint density at radius 1 is 1.17 bits per heavy atom. The van der Waals surface area contributed by atoms with Crippen LogP contribution in [0.1, 0.15) is 30.5 Å². The second-order valence-electron chi connectivity index (χ2n) is 5.17. The molecule has 24 heavy (non-hydrogen) atoms. The summed E-state index contributed by atoms with van der Waals surface area (Å²) in [6.07, 6.45) is 0.590. The summed E-state index contributed by atoms with van der Waals surface area (Å²) >= 11 is 0. The fourth-order valence-corrected chi connectivity index (χ4v) is 2.74. The van der Waals surface area contributed by atoms with E-state index in [1.807, 2.05) is 37.3 Å². The van der Waals surface area contributed by atoms with Crippen LogP contribution < -0.4 is 10.5 Å². The lowest BCUT2D eigenvalue weighted by Crippen LogP contribution is -2.27. The van der Waals surface area contributed by atoms with Crippen molar-refractivity contribution in [2.75, 3.05) is 0 Å². The Balaban J connectivity index is 2.15. The van der Waals surface area contributed by atoms with E-state index in [1.54, 1.807) is 12.1 Å². The van der Waals surface area contributed by atoms with Crippen LogP contribution in [0.2, 0.25) is 0 Å². The molecular formula is C18H18N2O3S. The third-order valence-electron chi connectivity index (χ3n) is 3.40. The van der Waals surface area contributed by atoms with Crippen LogP contribution in [0.4, 0.5) is 0 Å². The summed E-state index contributed by atoms with van der Waals surface area (Å²) in [5, 5.41) is 7.93. The van der Waals surface area contributed by atoms with Gasteiger partial charge in [-0.15, -0.1) is 0 Å². The molecule has 2 rings (SSSR count). The van der Waals surface area contributed by atoms with Gasteiger partial charge in [-0.05, 0) is 36.2 Å². The quantitative estimate of drug-likeness (QED) is 0.832. The molecule has 0 aliphatic carbocycles. The summed E-state index contributed by atoms with van der Waals surface area (Å²) in [5.41, 5.74) is 1.41.